The maximum absolute atomic E-state index is 12.1. The molecule has 0 aliphatic carbocycles. The van der Waals surface area contributed by atoms with Crippen LogP contribution in [-0.2, 0) is 10.2 Å². The number of hydrogen-bond acceptors (Lipinski definition) is 3. The number of rotatable bonds is 3. The molecule has 1 aliphatic heterocycles. The second-order valence-electron chi connectivity index (χ2n) is 4.38. The summed E-state index contributed by atoms with van der Waals surface area (Å²) in [5, 5.41) is 0. The van der Waals surface area contributed by atoms with E-state index in [0.717, 1.165) is 12.8 Å². The predicted octanol–water partition coefficient (Wildman–Crippen LogP) is -0.00550. The van der Waals surface area contributed by atoms with Gasteiger partial charge in [-0.25, -0.2) is 0 Å². The van der Waals surface area contributed by atoms with Crippen molar-refractivity contribution in [2.24, 2.45) is 5.73 Å². The third-order valence-electron chi connectivity index (χ3n) is 2.84. The summed E-state index contributed by atoms with van der Waals surface area (Å²) < 4.78 is 27.0. The summed E-state index contributed by atoms with van der Waals surface area (Å²) in [6, 6.07) is -0.0396. The summed E-state index contributed by atoms with van der Waals surface area (Å²) in [5.74, 6) is 0. The van der Waals surface area contributed by atoms with Crippen LogP contribution >= 0.6 is 0 Å². The molecule has 1 atom stereocenters. The van der Waals surface area contributed by atoms with Crippen molar-refractivity contribution >= 4 is 10.2 Å². The van der Waals surface area contributed by atoms with E-state index in [1.54, 1.807) is 7.05 Å². The lowest BCUT2D eigenvalue weighted by Crippen LogP contribution is -2.51. The number of piperidine rings is 1. The molecule has 1 heterocycles. The van der Waals surface area contributed by atoms with E-state index in [4.69, 9.17) is 5.73 Å². The summed E-state index contributed by atoms with van der Waals surface area (Å²) in [5.41, 5.74) is 5.77. The molecular formula is C9H21N3O2S. The van der Waals surface area contributed by atoms with E-state index in [1.807, 2.05) is 13.8 Å². The molecule has 15 heavy (non-hydrogen) atoms. The van der Waals surface area contributed by atoms with Crippen molar-refractivity contribution in [1.82, 2.24) is 8.61 Å². The minimum absolute atomic E-state index is 0.0194. The highest BCUT2D eigenvalue weighted by atomic mass is 32.2. The Bertz CT molecular complexity index is 302. The van der Waals surface area contributed by atoms with Gasteiger partial charge in [0.2, 0.25) is 0 Å². The minimum Gasteiger partial charge on any atom is -0.327 e. The third kappa shape index (κ3) is 2.90. The first-order valence-corrected chi connectivity index (χ1v) is 6.74. The molecular weight excluding hydrogens is 214 g/mol. The smallest absolute Gasteiger partial charge is 0.282 e. The molecule has 0 radical (unpaired) electrons. The molecule has 2 N–H and O–H groups in total. The highest BCUT2D eigenvalue weighted by molar-refractivity contribution is 7.86. The molecule has 6 heteroatoms. The zero-order chi connectivity index (χ0) is 11.6. The summed E-state index contributed by atoms with van der Waals surface area (Å²) in [7, 11) is -1.70. The molecule has 1 saturated heterocycles. The van der Waals surface area contributed by atoms with Gasteiger partial charge in [-0.1, -0.05) is 0 Å². The Balaban J connectivity index is 2.77. The highest BCUT2D eigenvalue weighted by Gasteiger charge is 2.31. The van der Waals surface area contributed by atoms with Crippen molar-refractivity contribution in [2.45, 2.75) is 38.8 Å². The van der Waals surface area contributed by atoms with Gasteiger partial charge < -0.3 is 5.73 Å². The largest absolute Gasteiger partial charge is 0.327 e. The van der Waals surface area contributed by atoms with Gasteiger partial charge in [-0.3, -0.25) is 0 Å². The average Bonchev–Trinajstić information content (AvgIpc) is 2.16. The van der Waals surface area contributed by atoms with Crippen LogP contribution < -0.4 is 5.73 Å². The van der Waals surface area contributed by atoms with Crippen molar-refractivity contribution < 1.29 is 8.42 Å². The number of hydrogen-bond donors (Lipinski definition) is 1. The van der Waals surface area contributed by atoms with Crippen molar-refractivity contribution in [1.29, 1.82) is 0 Å². The van der Waals surface area contributed by atoms with Crippen molar-refractivity contribution in [3.63, 3.8) is 0 Å². The quantitative estimate of drug-likeness (QED) is 0.748. The van der Waals surface area contributed by atoms with Crippen LogP contribution in [0.25, 0.3) is 0 Å². The van der Waals surface area contributed by atoms with Gasteiger partial charge in [-0.05, 0) is 26.7 Å². The maximum atomic E-state index is 12.1. The van der Waals surface area contributed by atoms with Crippen LogP contribution in [0, 0.1) is 0 Å². The molecule has 90 valence electrons. The van der Waals surface area contributed by atoms with E-state index in [0.29, 0.717) is 13.1 Å². The van der Waals surface area contributed by atoms with Gasteiger partial charge in [0.1, 0.15) is 0 Å². The van der Waals surface area contributed by atoms with Crippen molar-refractivity contribution in [3.8, 4) is 0 Å². The lowest BCUT2D eigenvalue weighted by atomic mass is 10.1. The Hall–Kier alpha value is -0.170. The molecule has 0 spiro atoms. The topological polar surface area (TPSA) is 66.6 Å². The molecule has 0 aromatic rings. The van der Waals surface area contributed by atoms with E-state index < -0.39 is 10.2 Å². The molecule has 1 rings (SSSR count). The normalized spacial score (nSPS) is 25.1. The lowest BCUT2D eigenvalue weighted by molar-refractivity contribution is 0.282. The Morgan fingerprint density at radius 2 is 2.07 bits per heavy atom. The zero-order valence-electron chi connectivity index (χ0n) is 9.68. The second kappa shape index (κ2) is 4.78. The first-order valence-electron chi connectivity index (χ1n) is 5.34. The van der Waals surface area contributed by atoms with Crippen LogP contribution in [0.15, 0.2) is 0 Å². The van der Waals surface area contributed by atoms with Gasteiger partial charge >= 0.3 is 0 Å². The molecule has 0 aromatic heterocycles. The minimum atomic E-state index is -3.31. The maximum Gasteiger partial charge on any atom is 0.282 e. The van der Waals surface area contributed by atoms with Crippen LogP contribution in [0.1, 0.15) is 26.7 Å². The second-order valence-corrected chi connectivity index (χ2v) is 6.37. The SMILES string of the molecule is CC(C)N(C)S(=O)(=O)N1CCCC(N)C1. The van der Waals surface area contributed by atoms with E-state index in [-0.39, 0.29) is 12.1 Å². The molecule has 0 amide bonds. The summed E-state index contributed by atoms with van der Waals surface area (Å²) >= 11 is 0. The van der Waals surface area contributed by atoms with E-state index in [1.165, 1.54) is 8.61 Å². The Kier molecular flexibility index (Phi) is 4.11. The Labute approximate surface area is 92.4 Å². The molecule has 5 nitrogen and oxygen atoms in total. The summed E-state index contributed by atoms with van der Waals surface area (Å²) in [6.07, 6.45) is 1.77. The van der Waals surface area contributed by atoms with Gasteiger partial charge in [-0.15, -0.1) is 0 Å². The van der Waals surface area contributed by atoms with Crippen molar-refractivity contribution in [2.75, 3.05) is 20.1 Å². The van der Waals surface area contributed by atoms with E-state index in [2.05, 4.69) is 0 Å². The lowest BCUT2D eigenvalue weighted by Gasteiger charge is -2.34. The van der Waals surface area contributed by atoms with Gasteiger partial charge in [0, 0.05) is 32.2 Å². The predicted molar refractivity (Wildman–Crippen MR) is 60.6 cm³/mol. The zero-order valence-corrected chi connectivity index (χ0v) is 10.5. The molecule has 0 saturated carbocycles. The van der Waals surface area contributed by atoms with Crippen LogP contribution in [-0.4, -0.2) is 49.2 Å². The monoisotopic (exact) mass is 235 g/mol. The molecule has 0 aromatic carbocycles. The Morgan fingerprint density at radius 3 is 2.53 bits per heavy atom. The van der Waals surface area contributed by atoms with Gasteiger partial charge in [0.15, 0.2) is 0 Å². The molecule has 1 unspecified atom stereocenters. The van der Waals surface area contributed by atoms with Gasteiger partial charge in [0.05, 0.1) is 0 Å². The molecule has 1 aliphatic rings. The third-order valence-corrected chi connectivity index (χ3v) is 4.97. The fraction of sp³-hybridized carbons (Fsp3) is 1.00. The highest BCUT2D eigenvalue weighted by Crippen LogP contribution is 2.16. The van der Waals surface area contributed by atoms with Crippen LogP contribution in [0.5, 0.6) is 0 Å². The van der Waals surface area contributed by atoms with E-state index >= 15 is 0 Å². The fourth-order valence-electron chi connectivity index (χ4n) is 1.63. The first kappa shape index (κ1) is 12.9. The first-order chi connectivity index (χ1) is 6.85. The summed E-state index contributed by atoms with van der Waals surface area (Å²) in [6.45, 7) is 4.76. The Morgan fingerprint density at radius 1 is 1.47 bits per heavy atom. The van der Waals surface area contributed by atoms with E-state index in [9.17, 15) is 8.42 Å². The number of nitrogens with zero attached hydrogens (tertiary/aromatic N) is 2. The molecule has 0 bridgehead atoms. The fourth-order valence-corrected chi connectivity index (χ4v) is 3.27. The van der Waals surface area contributed by atoms with Gasteiger partial charge in [-0.2, -0.15) is 17.0 Å². The number of nitrogens with two attached hydrogens (primary N) is 1. The average molecular weight is 235 g/mol. The standard InChI is InChI=1S/C9H21N3O2S/c1-8(2)11(3)15(13,14)12-6-4-5-9(10)7-12/h8-9H,4-7,10H2,1-3H3. The summed E-state index contributed by atoms with van der Waals surface area (Å²) in [4.78, 5) is 0. The van der Waals surface area contributed by atoms with Gasteiger partial charge in [0.25, 0.3) is 10.2 Å². The van der Waals surface area contributed by atoms with Crippen LogP contribution in [0.2, 0.25) is 0 Å². The van der Waals surface area contributed by atoms with Crippen molar-refractivity contribution in [3.05, 3.63) is 0 Å². The molecule has 1 fully saturated rings. The van der Waals surface area contributed by atoms with Crippen LogP contribution in [0.3, 0.4) is 0 Å². The van der Waals surface area contributed by atoms with Crippen LogP contribution in [0.4, 0.5) is 0 Å².